The Morgan fingerprint density at radius 3 is 2.95 bits per heavy atom. The van der Waals surface area contributed by atoms with Crippen LogP contribution in [-0.4, -0.2) is 30.0 Å². The second-order valence-electron chi connectivity index (χ2n) is 4.66. The van der Waals surface area contributed by atoms with E-state index in [4.69, 9.17) is 16.3 Å². The standard InChI is InChI=1S/C15H17ClO3/c1-19-12-4-2-3-10(7-12)8-13-11(9-17)5-6-14(16)15(13)18/h2-4,7-8,11,14,17H,5-6,9H2,1H3. The van der Waals surface area contributed by atoms with E-state index in [1.54, 1.807) is 13.2 Å². The van der Waals surface area contributed by atoms with Crippen LogP contribution < -0.4 is 4.74 Å². The molecule has 0 saturated heterocycles. The second-order valence-corrected chi connectivity index (χ2v) is 5.19. The van der Waals surface area contributed by atoms with Crippen molar-refractivity contribution in [3.63, 3.8) is 0 Å². The van der Waals surface area contributed by atoms with Crippen LogP contribution in [-0.2, 0) is 4.79 Å². The zero-order valence-corrected chi connectivity index (χ0v) is 11.6. The summed E-state index contributed by atoms with van der Waals surface area (Å²) in [5, 5.41) is 8.91. The summed E-state index contributed by atoms with van der Waals surface area (Å²) >= 11 is 6.01. The molecule has 4 heteroatoms. The van der Waals surface area contributed by atoms with E-state index in [9.17, 15) is 9.90 Å². The summed E-state index contributed by atoms with van der Waals surface area (Å²) in [4.78, 5) is 12.1. The molecule has 102 valence electrons. The van der Waals surface area contributed by atoms with Gasteiger partial charge in [0, 0.05) is 11.5 Å². The third-order valence-corrected chi connectivity index (χ3v) is 3.83. The first-order chi connectivity index (χ1) is 9.15. The predicted octanol–water partition coefficient (Wildman–Crippen LogP) is 2.66. The van der Waals surface area contributed by atoms with Crippen LogP contribution in [0.4, 0.5) is 0 Å². The summed E-state index contributed by atoms with van der Waals surface area (Å²) in [6.45, 7) is -0.0227. The van der Waals surface area contributed by atoms with E-state index in [0.717, 1.165) is 17.7 Å². The molecule has 0 amide bonds. The van der Waals surface area contributed by atoms with E-state index in [1.807, 2.05) is 24.3 Å². The van der Waals surface area contributed by atoms with Gasteiger partial charge >= 0.3 is 0 Å². The number of Topliss-reactive ketones (excluding diaryl/α,β-unsaturated/α-hetero) is 1. The number of carbonyl (C=O) groups is 1. The van der Waals surface area contributed by atoms with Gasteiger partial charge in [0.2, 0.25) is 0 Å². The van der Waals surface area contributed by atoms with Crippen molar-refractivity contribution in [2.75, 3.05) is 13.7 Å². The van der Waals surface area contributed by atoms with Crippen LogP contribution in [0, 0.1) is 5.92 Å². The van der Waals surface area contributed by atoms with Crippen molar-refractivity contribution in [2.45, 2.75) is 18.2 Å². The Balaban J connectivity index is 2.34. The van der Waals surface area contributed by atoms with Gasteiger partial charge in [0.15, 0.2) is 5.78 Å². The minimum Gasteiger partial charge on any atom is -0.497 e. The number of carbonyl (C=O) groups excluding carboxylic acids is 1. The summed E-state index contributed by atoms with van der Waals surface area (Å²) in [5.41, 5.74) is 1.49. The maximum atomic E-state index is 12.1. The monoisotopic (exact) mass is 280 g/mol. The van der Waals surface area contributed by atoms with Crippen LogP contribution in [0.5, 0.6) is 5.75 Å². The molecular weight excluding hydrogens is 264 g/mol. The third kappa shape index (κ3) is 3.17. The molecule has 1 aromatic rings. The first kappa shape index (κ1) is 14.1. The van der Waals surface area contributed by atoms with E-state index in [-0.39, 0.29) is 18.3 Å². The van der Waals surface area contributed by atoms with Crippen LogP contribution in [0.3, 0.4) is 0 Å². The second kappa shape index (κ2) is 6.22. The smallest absolute Gasteiger partial charge is 0.177 e. The molecule has 0 heterocycles. The average Bonchev–Trinajstić information content (AvgIpc) is 2.44. The molecule has 1 aliphatic rings. The lowest BCUT2D eigenvalue weighted by molar-refractivity contribution is -0.117. The van der Waals surface area contributed by atoms with E-state index in [2.05, 4.69) is 0 Å². The fraction of sp³-hybridized carbons (Fsp3) is 0.400. The summed E-state index contributed by atoms with van der Waals surface area (Å²) < 4.78 is 5.16. The highest BCUT2D eigenvalue weighted by Crippen LogP contribution is 2.31. The van der Waals surface area contributed by atoms with Gasteiger partial charge in [0.1, 0.15) is 5.75 Å². The predicted molar refractivity (Wildman–Crippen MR) is 75.4 cm³/mol. The van der Waals surface area contributed by atoms with Gasteiger partial charge in [-0.3, -0.25) is 4.79 Å². The number of hydrogen-bond donors (Lipinski definition) is 1. The summed E-state index contributed by atoms with van der Waals surface area (Å²) in [7, 11) is 1.60. The van der Waals surface area contributed by atoms with Gasteiger partial charge in [-0.15, -0.1) is 11.6 Å². The molecule has 2 atom stereocenters. The van der Waals surface area contributed by atoms with Gasteiger partial charge in [-0.2, -0.15) is 0 Å². The number of rotatable bonds is 3. The molecule has 1 saturated carbocycles. The van der Waals surface area contributed by atoms with Gasteiger partial charge in [0.05, 0.1) is 19.1 Å². The molecule has 1 N–H and O–H groups in total. The van der Waals surface area contributed by atoms with Crippen LogP contribution in [0.1, 0.15) is 18.4 Å². The average molecular weight is 281 g/mol. The normalized spacial score (nSPS) is 25.6. The number of aliphatic hydroxyl groups excluding tert-OH is 1. The Morgan fingerprint density at radius 1 is 1.47 bits per heavy atom. The molecule has 19 heavy (non-hydrogen) atoms. The van der Waals surface area contributed by atoms with Gasteiger partial charge < -0.3 is 9.84 Å². The van der Waals surface area contributed by atoms with Crippen molar-refractivity contribution in [1.29, 1.82) is 0 Å². The Bertz CT molecular complexity index is 496. The Labute approximate surface area is 117 Å². The number of benzene rings is 1. The van der Waals surface area contributed by atoms with Crippen molar-refractivity contribution in [3.05, 3.63) is 35.4 Å². The summed E-state index contributed by atoms with van der Waals surface area (Å²) in [6.07, 6.45) is 3.17. The van der Waals surface area contributed by atoms with Crippen LogP contribution in [0.15, 0.2) is 29.8 Å². The number of aliphatic hydroxyl groups is 1. The summed E-state index contributed by atoms with van der Waals surface area (Å²) in [5.74, 6) is 0.545. The van der Waals surface area contributed by atoms with Gasteiger partial charge in [-0.1, -0.05) is 12.1 Å². The number of halogens is 1. The minimum absolute atomic E-state index is 0.0227. The van der Waals surface area contributed by atoms with E-state index < -0.39 is 5.38 Å². The lowest BCUT2D eigenvalue weighted by Gasteiger charge is -2.25. The lowest BCUT2D eigenvalue weighted by Crippen LogP contribution is -2.30. The van der Waals surface area contributed by atoms with Gasteiger partial charge in [-0.25, -0.2) is 0 Å². The number of alkyl halides is 1. The first-order valence-electron chi connectivity index (χ1n) is 6.30. The third-order valence-electron chi connectivity index (χ3n) is 3.41. The quantitative estimate of drug-likeness (QED) is 0.684. The minimum atomic E-state index is -0.473. The molecule has 0 aromatic heterocycles. The molecule has 2 rings (SSSR count). The Morgan fingerprint density at radius 2 is 2.26 bits per heavy atom. The molecule has 0 aliphatic heterocycles. The van der Waals surface area contributed by atoms with Crippen molar-refractivity contribution in [2.24, 2.45) is 5.92 Å². The van der Waals surface area contributed by atoms with Crippen molar-refractivity contribution >= 4 is 23.5 Å². The van der Waals surface area contributed by atoms with Crippen LogP contribution in [0.25, 0.3) is 6.08 Å². The highest BCUT2D eigenvalue weighted by atomic mass is 35.5. The molecule has 0 radical (unpaired) electrons. The fourth-order valence-electron chi connectivity index (χ4n) is 2.31. The first-order valence-corrected chi connectivity index (χ1v) is 6.74. The van der Waals surface area contributed by atoms with Crippen molar-refractivity contribution in [1.82, 2.24) is 0 Å². The van der Waals surface area contributed by atoms with E-state index in [0.29, 0.717) is 12.0 Å². The zero-order chi connectivity index (χ0) is 13.8. The molecule has 1 fully saturated rings. The highest BCUT2D eigenvalue weighted by Gasteiger charge is 2.31. The molecule has 1 aliphatic carbocycles. The molecule has 3 nitrogen and oxygen atoms in total. The number of ketones is 1. The maximum absolute atomic E-state index is 12.1. The van der Waals surface area contributed by atoms with Gasteiger partial charge in [0.25, 0.3) is 0 Å². The van der Waals surface area contributed by atoms with Gasteiger partial charge in [-0.05, 0) is 36.6 Å². The number of methoxy groups -OCH3 is 1. The fourth-order valence-corrected chi connectivity index (χ4v) is 2.56. The van der Waals surface area contributed by atoms with Crippen LogP contribution in [0.2, 0.25) is 0 Å². The molecule has 1 aromatic carbocycles. The van der Waals surface area contributed by atoms with Crippen molar-refractivity contribution in [3.8, 4) is 5.75 Å². The Hall–Kier alpha value is -1.32. The van der Waals surface area contributed by atoms with E-state index in [1.165, 1.54) is 0 Å². The summed E-state index contributed by atoms with van der Waals surface area (Å²) in [6, 6.07) is 7.46. The molecule has 0 bridgehead atoms. The molecular formula is C15H17ClO3. The maximum Gasteiger partial charge on any atom is 0.177 e. The van der Waals surface area contributed by atoms with E-state index >= 15 is 0 Å². The van der Waals surface area contributed by atoms with Crippen molar-refractivity contribution < 1.29 is 14.6 Å². The topological polar surface area (TPSA) is 46.5 Å². The largest absolute Gasteiger partial charge is 0.497 e. The highest BCUT2D eigenvalue weighted by molar-refractivity contribution is 6.34. The SMILES string of the molecule is COc1cccc(C=C2C(=O)C(Cl)CCC2CO)c1. The molecule has 0 spiro atoms. The number of hydrogen-bond acceptors (Lipinski definition) is 3. The van der Waals surface area contributed by atoms with Crippen LogP contribution >= 0.6 is 11.6 Å². The number of ether oxygens (including phenoxy) is 1. The lowest BCUT2D eigenvalue weighted by atomic mass is 9.82. The molecule has 2 unspecified atom stereocenters. The zero-order valence-electron chi connectivity index (χ0n) is 10.8. The Kier molecular flexibility index (Phi) is 4.61.